The second-order valence-electron chi connectivity index (χ2n) is 8.69. The number of carbonyl (C=O) groups is 2. The summed E-state index contributed by atoms with van der Waals surface area (Å²) in [5.74, 6) is -1.31. The van der Waals surface area contributed by atoms with Gasteiger partial charge in [0.2, 0.25) is 5.91 Å². The lowest BCUT2D eigenvalue weighted by molar-refractivity contribution is -0.274. The van der Waals surface area contributed by atoms with Crippen molar-refractivity contribution >= 4 is 41.0 Å². The SMILES string of the molecule is NC(=O)Nc1cc(Cl)c(OC(F)(F)F)cc1C=CC(=O)N1[C@@H]2CC[C@H]1C[C@@H](Nc1ccc(F)cc1)C2. The van der Waals surface area contributed by atoms with Crippen LogP contribution in [0.1, 0.15) is 31.2 Å². The molecule has 2 aliphatic rings. The third-order valence-electron chi connectivity index (χ3n) is 6.20. The van der Waals surface area contributed by atoms with Crippen molar-refractivity contribution in [1.82, 2.24) is 4.90 Å². The molecule has 3 atom stereocenters. The topological polar surface area (TPSA) is 96.7 Å². The highest BCUT2D eigenvalue weighted by molar-refractivity contribution is 6.32. The van der Waals surface area contributed by atoms with E-state index in [2.05, 4.69) is 15.4 Å². The van der Waals surface area contributed by atoms with Gasteiger partial charge in [0.1, 0.15) is 11.6 Å². The number of benzene rings is 2. The average Bonchev–Trinajstić information content (AvgIpc) is 3.05. The number of nitrogens with zero attached hydrogens (tertiary/aromatic N) is 1. The van der Waals surface area contributed by atoms with Gasteiger partial charge in [0, 0.05) is 35.5 Å². The Labute approximate surface area is 209 Å². The molecule has 0 aromatic heterocycles. The van der Waals surface area contributed by atoms with Crippen molar-refractivity contribution < 1.29 is 31.9 Å². The zero-order valence-corrected chi connectivity index (χ0v) is 19.6. The minimum absolute atomic E-state index is 0.0172. The predicted octanol–water partition coefficient (Wildman–Crippen LogP) is 5.52. The number of rotatable bonds is 6. The lowest BCUT2D eigenvalue weighted by atomic mass is 9.96. The molecule has 2 heterocycles. The van der Waals surface area contributed by atoms with Crippen LogP contribution in [0.2, 0.25) is 5.02 Å². The fraction of sp³-hybridized carbons (Fsp3) is 0.333. The Kier molecular flexibility index (Phi) is 7.30. The molecule has 2 aromatic rings. The summed E-state index contributed by atoms with van der Waals surface area (Å²) in [6, 6.07) is 7.25. The Balaban J connectivity index is 1.49. The smallest absolute Gasteiger partial charge is 0.404 e. The average molecular weight is 527 g/mol. The first-order valence-electron chi connectivity index (χ1n) is 11.2. The van der Waals surface area contributed by atoms with E-state index >= 15 is 0 Å². The Morgan fingerprint density at radius 1 is 1.11 bits per heavy atom. The van der Waals surface area contributed by atoms with Crippen LogP contribution in [0.5, 0.6) is 5.75 Å². The molecular formula is C24H23ClF4N4O3. The maximum atomic E-state index is 13.2. The molecule has 0 radical (unpaired) electrons. The van der Waals surface area contributed by atoms with Crippen LogP contribution in [0.3, 0.4) is 0 Å². The summed E-state index contributed by atoms with van der Waals surface area (Å²) in [5, 5.41) is 5.27. The quantitative estimate of drug-likeness (QED) is 0.341. The fourth-order valence-corrected chi connectivity index (χ4v) is 5.04. The number of piperidine rings is 1. The number of fused-ring (bicyclic) bond motifs is 2. The van der Waals surface area contributed by atoms with Crippen LogP contribution in [0, 0.1) is 5.82 Å². The van der Waals surface area contributed by atoms with Crippen LogP contribution < -0.4 is 21.1 Å². The number of urea groups is 1. The molecule has 4 rings (SSSR count). The summed E-state index contributed by atoms with van der Waals surface area (Å²) < 4.78 is 55.3. The summed E-state index contributed by atoms with van der Waals surface area (Å²) in [6.45, 7) is 0. The summed E-state index contributed by atoms with van der Waals surface area (Å²) in [5.41, 5.74) is 6.03. The van der Waals surface area contributed by atoms with Crippen molar-refractivity contribution in [3.8, 4) is 5.75 Å². The normalized spacial score (nSPS) is 21.5. The Bertz CT molecular complexity index is 1160. The molecular weight excluding hydrogens is 504 g/mol. The summed E-state index contributed by atoms with van der Waals surface area (Å²) in [6.07, 6.45) is 0.598. The largest absolute Gasteiger partial charge is 0.573 e. The Hall–Kier alpha value is -3.47. The van der Waals surface area contributed by atoms with Crippen molar-refractivity contribution in [2.24, 2.45) is 5.73 Å². The molecule has 2 bridgehead atoms. The van der Waals surface area contributed by atoms with Gasteiger partial charge in [-0.25, -0.2) is 9.18 Å². The lowest BCUT2D eigenvalue weighted by Gasteiger charge is -2.39. The van der Waals surface area contributed by atoms with Crippen molar-refractivity contribution in [2.45, 2.75) is 50.2 Å². The molecule has 2 saturated heterocycles. The molecule has 0 aliphatic carbocycles. The number of alkyl halides is 3. The zero-order chi connectivity index (χ0) is 26.0. The molecule has 36 heavy (non-hydrogen) atoms. The van der Waals surface area contributed by atoms with Crippen LogP contribution in [0.25, 0.3) is 6.08 Å². The Morgan fingerprint density at radius 3 is 2.33 bits per heavy atom. The van der Waals surface area contributed by atoms with Crippen LogP contribution in [-0.2, 0) is 4.79 Å². The fourth-order valence-electron chi connectivity index (χ4n) is 4.83. The highest BCUT2D eigenvalue weighted by Crippen LogP contribution is 2.38. The number of carbonyl (C=O) groups excluding carboxylic acids is 2. The van der Waals surface area contributed by atoms with Gasteiger partial charge in [-0.05, 0) is 68.2 Å². The van der Waals surface area contributed by atoms with E-state index in [-0.39, 0.29) is 41.1 Å². The van der Waals surface area contributed by atoms with Crippen molar-refractivity contribution in [3.63, 3.8) is 0 Å². The highest BCUT2D eigenvalue weighted by Gasteiger charge is 2.42. The molecule has 0 unspecified atom stereocenters. The van der Waals surface area contributed by atoms with Crippen LogP contribution in [0.15, 0.2) is 42.5 Å². The van der Waals surface area contributed by atoms with Gasteiger partial charge in [0.25, 0.3) is 0 Å². The standard InChI is InChI=1S/C24H23ClF4N4O3/c25-19-12-20(32-23(30)35)13(9-21(19)36-24(27,28)29)1-8-22(34)33-17-6-7-18(33)11-16(10-17)31-15-4-2-14(26)3-5-15/h1-5,8-9,12,16-18,31H,6-7,10-11H2,(H3,30,32,35)/t16-,17+,18-. The van der Waals surface area contributed by atoms with Crippen LogP contribution >= 0.6 is 11.6 Å². The number of halogens is 5. The van der Waals surface area contributed by atoms with Crippen LogP contribution in [-0.4, -0.2) is 41.3 Å². The number of anilines is 2. The molecule has 192 valence electrons. The summed E-state index contributed by atoms with van der Waals surface area (Å²) in [4.78, 5) is 26.2. The van der Waals surface area contributed by atoms with Crippen molar-refractivity contribution in [1.29, 1.82) is 0 Å². The van der Waals surface area contributed by atoms with Crippen molar-refractivity contribution in [2.75, 3.05) is 10.6 Å². The van der Waals surface area contributed by atoms with Gasteiger partial charge in [-0.3, -0.25) is 4.79 Å². The highest BCUT2D eigenvalue weighted by atomic mass is 35.5. The number of nitrogens with two attached hydrogens (primary N) is 1. The molecule has 2 aromatic carbocycles. The number of nitrogens with one attached hydrogen (secondary N) is 2. The number of hydrogen-bond donors (Lipinski definition) is 3. The van der Waals surface area contributed by atoms with E-state index in [9.17, 15) is 27.2 Å². The second kappa shape index (κ2) is 10.3. The van der Waals surface area contributed by atoms with Crippen molar-refractivity contribution in [3.05, 3.63) is 58.9 Å². The zero-order valence-electron chi connectivity index (χ0n) is 18.8. The number of ether oxygens (including phenoxy) is 1. The van der Waals surface area contributed by atoms with E-state index in [0.717, 1.165) is 30.7 Å². The van der Waals surface area contributed by atoms with Gasteiger partial charge in [0.15, 0.2) is 0 Å². The molecule has 2 aliphatic heterocycles. The van der Waals surface area contributed by atoms with E-state index < -0.39 is 23.2 Å². The van der Waals surface area contributed by atoms with Gasteiger partial charge in [-0.1, -0.05) is 11.6 Å². The van der Waals surface area contributed by atoms with E-state index in [1.54, 1.807) is 17.0 Å². The van der Waals surface area contributed by atoms with Crippen LogP contribution in [0.4, 0.5) is 33.7 Å². The molecule has 12 heteroatoms. The minimum atomic E-state index is -4.98. The van der Waals surface area contributed by atoms with E-state index in [1.807, 2.05) is 0 Å². The van der Waals surface area contributed by atoms with Gasteiger partial charge in [0.05, 0.1) is 10.7 Å². The second-order valence-corrected chi connectivity index (χ2v) is 9.10. The minimum Gasteiger partial charge on any atom is -0.404 e. The molecule has 7 nitrogen and oxygen atoms in total. The third kappa shape index (κ3) is 6.20. The third-order valence-corrected chi connectivity index (χ3v) is 6.49. The van der Waals surface area contributed by atoms with Gasteiger partial charge < -0.3 is 26.0 Å². The summed E-state index contributed by atoms with van der Waals surface area (Å²) >= 11 is 5.86. The first kappa shape index (κ1) is 25.6. The lowest BCUT2D eigenvalue weighted by Crippen LogP contribution is -2.49. The number of primary amides is 1. The maximum absolute atomic E-state index is 13.2. The maximum Gasteiger partial charge on any atom is 0.573 e. The molecule has 3 amide bonds. The molecule has 0 spiro atoms. The Morgan fingerprint density at radius 2 is 1.75 bits per heavy atom. The summed E-state index contributed by atoms with van der Waals surface area (Å²) in [7, 11) is 0. The molecule has 4 N–H and O–H groups in total. The first-order valence-corrected chi connectivity index (χ1v) is 11.5. The van der Waals surface area contributed by atoms with Gasteiger partial charge >= 0.3 is 12.4 Å². The van der Waals surface area contributed by atoms with E-state index in [0.29, 0.717) is 12.8 Å². The van der Waals surface area contributed by atoms with E-state index in [1.165, 1.54) is 24.3 Å². The van der Waals surface area contributed by atoms with Gasteiger partial charge in [-0.2, -0.15) is 0 Å². The monoisotopic (exact) mass is 526 g/mol. The van der Waals surface area contributed by atoms with E-state index in [4.69, 9.17) is 17.3 Å². The molecule has 2 fully saturated rings. The predicted molar refractivity (Wildman–Crippen MR) is 127 cm³/mol. The number of amides is 3. The molecule has 0 saturated carbocycles. The number of hydrogen-bond acceptors (Lipinski definition) is 4. The van der Waals surface area contributed by atoms with Gasteiger partial charge in [-0.15, -0.1) is 13.2 Å². The first-order chi connectivity index (χ1) is 17.0.